The van der Waals surface area contributed by atoms with Gasteiger partial charge < -0.3 is 5.32 Å². The monoisotopic (exact) mass is 433 g/mol. The maximum absolute atomic E-state index is 13.2. The lowest BCUT2D eigenvalue weighted by Crippen LogP contribution is -2.29. The van der Waals surface area contributed by atoms with Gasteiger partial charge in [-0.25, -0.2) is 4.39 Å². The molecular formula is C21H18F7NO. The number of rotatable bonds is 4. The molecule has 3 rings (SSSR count). The molecule has 0 radical (unpaired) electrons. The van der Waals surface area contributed by atoms with E-state index in [1.807, 2.05) is 0 Å². The molecule has 162 valence electrons. The van der Waals surface area contributed by atoms with Gasteiger partial charge in [0, 0.05) is 12.5 Å². The van der Waals surface area contributed by atoms with Crippen molar-refractivity contribution in [2.24, 2.45) is 5.92 Å². The van der Waals surface area contributed by atoms with Gasteiger partial charge in [-0.2, -0.15) is 26.3 Å². The van der Waals surface area contributed by atoms with E-state index in [-0.39, 0.29) is 36.1 Å². The summed E-state index contributed by atoms with van der Waals surface area (Å²) in [6, 6.07) is 7.29. The molecular weight excluding hydrogens is 415 g/mol. The highest BCUT2D eigenvalue weighted by Crippen LogP contribution is 2.38. The Labute approximate surface area is 168 Å². The van der Waals surface area contributed by atoms with Gasteiger partial charge in [0.1, 0.15) is 6.17 Å². The van der Waals surface area contributed by atoms with Gasteiger partial charge in [0.25, 0.3) is 0 Å². The van der Waals surface area contributed by atoms with Crippen LogP contribution < -0.4 is 5.32 Å². The van der Waals surface area contributed by atoms with E-state index >= 15 is 0 Å². The molecule has 0 spiro atoms. The summed E-state index contributed by atoms with van der Waals surface area (Å²) < 4.78 is 91.7. The normalized spacial score (nSPS) is 19.7. The third kappa shape index (κ3) is 5.31. The molecule has 0 heterocycles. The summed E-state index contributed by atoms with van der Waals surface area (Å²) in [5.41, 5.74) is -2.37. The van der Waals surface area contributed by atoms with Crippen molar-refractivity contribution in [2.75, 3.05) is 0 Å². The van der Waals surface area contributed by atoms with E-state index in [0.29, 0.717) is 30.5 Å². The van der Waals surface area contributed by atoms with Gasteiger partial charge in [0.05, 0.1) is 11.1 Å². The van der Waals surface area contributed by atoms with Crippen molar-refractivity contribution < 1.29 is 35.5 Å². The second kappa shape index (κ2) is 8.28. The molecule has 2 unspecified atom stereocenters. The lowest BCUT2D eigenvalue weighted by atomic mass is 9.97. The minimum Gasteiger partial charge on any atom is -0.352 e. The van der Waals surface area contributed by atoms with Crippen molar-refractivity contribution in [3.8, 4) is 11.1 Å². The average Bonchev–Trinajstić information content (AvgIpc) is 3.11. The first-order valence-corrected chi connectivity index (χ1v) is 9.24. The second-order valence-electron chi connectivity index (χ2n) is 7.32. The fourth-order valence-corrected chi connectivity index (χ4v) is 3.48. The van der Waals surface area contributed by atoms with Gasteiger partial charge in [0.2, 0.25) is 5.91 Å². The molecule has 1 amide bonds. The van der Waals surface area contributed by atoms with E-state index in [9.17, 15) is 35.5 Å². The van der Waals surface area contributed by atoms with Crippen LogP contribution in [0.3, 0.4) is 0 Å². The Kier molecular flexibility index (Phi) is 6.10. The van der Waals surface area contributed by atoms with Crippen molar-refractivity contribution in [2.45, 2.75) is 44.3 Å². The Morgan fingerprint density at radius 1 is 0.900 bits per heavy atom. The van der Waals surface area contributed by atoms with E-state index in [1.54, 1.807) is 6.07 Å². The number of nitrogens with one attached hydrogen (secondary N) is 1. The lowest BCUT2D eigenvalue weighted by Gasteiger charge is -2.15. The highest BCUT2D eigenvalue weighted by atomic mass is 19.4. The third-order valence-corrected chi connectivity index (χ3v) is 5.05. The predicted octanol–water partition coefficient (Wildman–Crippen LogP) is 6.15. The van der Waals surface area contributed by atoms with Crippen LogP contribution in [-0.4, -0.2) is 12.1 Å². The molecule has 1 saturated carbocycles. The summed E-state index contributed by atoms with van der Waals surface area (Å²) in [6.45, 7) is 0.0330. The van der Waals surface area contributed by atoms with Crippen molar-refractivity contribution in [3.05, 3.63) is 59.2 Å². The molecule has 0 aromatic heterocycles. The molecule has 2 atom stereocenters. The molecule has 30 heavy (non-hydrogen) atoms. The number of halogens is 7. The zero-order chi connectivity index (χ0) is 22.1. The zero-order valence-corrected chi connectivity index (χ0v) is 15.6. The molecule has 1 aliphatic carbocycles. The number of benzene rings is 2. The van der Waals surface area contributed by atoms with Crippen LogP contribution in [-0.2, 0) is 23.7 Å². The predicted molar refractivity (Wildman–Crippen MR) is 96.0 cm³/mol. The standard InChI is InChI=1S/C21H18F7NO/c22-18-5-4-14(9-18)19(30)29-11-12-2-1-3-13(6-12)15-7-16(20(23,24)25)10-17(8-15)21(26,27)28/h1-3,6-8,10,14,18H,4-5,9,11H2,(H,29,30). The van der Waals surface area contributed by atoms with Crippen LogP contribution in [0.25, 0.3) is 11.1 Å². The number of alkyl halides is 7. The summed E-state index contributed by atoms with van der Waals surface area (Å²) in [7, 11) is 0. The largest absolute Gasteiger partial charge is 0.416 e. The summed E-state index contributed by atoms with van der Waals surface area (Å²) in [6.07, 6.45) is -9.96. The van der Waals surface area contributed by atoms with Gasteiger partial charge in [-0.15, -0.1) is 0 Å². The summed E-state index contributed by atoms with van der Waals surface area (Å²) >= 11 is 0. The SMILES string of the molecule is O=C(NCc1cccc(-c2cc(C(F)(F)F)cc(C(F)(F)F)c2)c1)C1CCC(F)C1. The van der Waals surface area contributed by atoms with Crippen LogP contribution in [0.15, 0.2) is 42.5 Å². The number of carbonyl (C=O) groups is 1. The van der Waals surface area contributed by atoms with Crippen molar-refractivity contribution in [1.82, 2.24) is 5.32 Å². The lowest BCUT2D eigenvalue weighted by molar-refractivity contribution is -0.143. The van der Waals surface area contributed by atoms with Gasteiger partial charge in [-0.05, 0) is 60.2 Å². The average molecular weight is 433 g/mol. The van der Waals surface area contributed by atoms with E-state index < -0.39 is 35.6 Å². The molecule has 1 N–H and O–H groups in total. The van der Waals surface area contributed by atoms with Crippen molar-refractivity contribution in [3.63, 3.8) is 0 Å². The fraction of sp³-hybridized carbons (Fsp3) is 0.381. The summed E-state index contributed by atoms with van der Waals surface area (Å²) in [5, 5.41) is 2.65. The molecule has 0 aliphatic heterocycles. The van der Waals surface area contributed by atoms with Crippen LogP contribution in [0.1, 0.15) is 36.0 Å². The Balaban J connectivity index is 1.83. The molecule has 9 heteroatoms. The maximum atomic E-state index is 13.2. The number of carbonyl (C=O) groups excluding carboxylic acids is 1. The smallest absolute Gasteiger partial charge is 0.352 e. The van der Waals surface area contributed by atoms with E-state index in [2.05, 4.69) is 5.32 Å². The number of hydrogen-bond donors (Lipinski definition) is 1. The Hall–Kier alpha value is -2.58. The molecule has 0 saturated heterocycles. The van der Waals surface area contributed by atoms with Crippen LogP contribution in [0.5, 0.6) is 0 Å². The summed E-state index contributed by atoms with van der Waals surface area (Å²) in [5.74, 6) is -0.750. The van der Waals surface area contributed by atoms with Gasteiger partial charge in [-0.1, -0.05) is 18.2 Å². The number of amides is 1. The first-order valence-electron chi connectivity index (χ1n) is 9.24. The zero-order valence-electron chi connectivity index (χ0n) is 15.6. The molecule has 1 aliphatic rings. The van der Waals surface area contributed by atoms with Crippen LogP contribution in [0.2, 0.25) is 0 Å². The first-order chi connectivity index (χ1) is 13.9. The molecule has 1 fully saturated rings. The Morgan fingerprint density at radius 3 is 2.07 bits per heavy atom. The van der Waals surface area contributed by atoms with Gasteiger partial charge >= 0.3 is 12.4 Å². The molecule has 2 aromatic rings. The third-order valence-electron chi connectivity index (χ3n) is 5.05. The van der Waals surface area contributed by atoms with Crippen LogP contribution in [0, 0.1) is 5.92 Å². The Morgan fingerprint density at radius 2 is 1.53 bits per heavy atom. The van der Waals surface area contributed by atoms with Crippen LogP contribution >= 0.6 is 0 Å². The van der Waals surface area contributed by atoms with E-state index in [1.165, 1.54) is 18.2 Å². The molecule has 0 bridgehead atoms. The van der Waals surface area contributed by atoms with Gasteiger partial charge in [-0.3, -0.25) is 4.79 Å². The first kappa shape index (κ1) is 22.1. The fourth-order valence-electron chi connectivity index (χ4n) is 3.48. The van der Waals surface area contributed by atoms with Gasteiger partial charge in [0.15, 0.2) is 0 Å². The Bertz CT molecular complexity index is 888. The van der Waals surface area contributed by atoms with Crippen LogP contribution in [0.4, 0.5) is 30.7 Å². The highest BCUT2D eigenvalue weighted by Gasteiger charge is 2.37. The minimum atomic E-state index is -4.93. The highest BCUT2D eigenvalue weighted by molar-refractivity contribution is 5.79. The molecule has 2 aromatic carbocycles. The quantitative estimate of drug-likeness (QED) is 0.576. The second-order valence-corrected chi connectivity index (χ2v) is 7.32. The van der Waals surface area contributed by atoms with Crippen molar-refractivity contribution in [1.29, 1.82) is 0 Å². The maximum Gasteiger partial charge on any atom is 0.416 e. The molecule has 2 nitrogen and oxygen atoms in total. The van der Waals surface area contributed by atoms with E-state index in [4.69, 9.17) is 0 Å². The summed E-state index contributed by atoms with van der Waals surface area (Å²) in [4.78, 5) is 12.1. The van der Waals surface area contributed by atoms with Crippen molar-refractivity contribution >= 4 is 5.91 Å². The number of hydrogen-bond acceptors (Lipinski definition) is 1. The minimum absolute atomic E-state index is 0.0330. The topological polar surface area (TPSA) is 29.1 Å². The van der Waals surface area contributed by atoms with E-state index in [0.717, 1.165) is 0 Å².